The van der Waals surface area contributed by atoms with E-state index in [1.807, 2.05) is 24.3 Å². The Kier molecular flexibility index (Phi) is 3.41. The molecule has 0 fully saturated rings. The van der Waals surface area contributed by atoms with Crippen LogP contribution in [0.15, 0.2) is 46.9 Å². The van der Waals surface area contributed by atoms with Crippen molar-refractivity contribution >= 4 is 17.1 Å². The van der Waals surface area contributed by atoms with E-state index in [9.17, 15) is 4.79 Å². The standard InChI is InChI=1S/C16H14N2O3/c1-20-16(19)12-3-2-4-13-14(12)21-15(18-13)11-7-5-10(9-17)6-8-11/h2-8H,9,17H2,1H3. The van der Waals surface area contributed by atoms with Crippen molar-refractivity contribution in [2.75, 3.05) is 7.11 Å². The van der Waals surface area contributed by atoms with Crippen molar-refractivity contribution in [2.24, 2.45) is 5.73 Å². The largest absolute Gasteiger partial charge is 0.465 e. The average molecular weight is 282 g/mol. The van der Waals surface area contributed by atoms with E-state index in [-0.39, 0.29) is 0 Å². The molecule has 2 aromatic carbocycles. The molecular formula is C16H14N2O3. The first-order valence-corrected chi connectivity index (χ1v) is 6.50. The van der Waals surface area contributed by atoms with Crippen LogP contribution in [-0.4, -0.2) is 18.1 Å². The predicted molar refractivity (Wildman–Crippen MR) is 78.7 cm³/mol. The highest BCUT2D eigenvalue weighted by Gasteiger charge is 2.16. The van der Waals surface area contributed by atoms with Crippen molar-refractivity contribution in [3.63, 3.8) is 0 Å². The number of esters is 1. The second-order valence-electron chi connectivity index (χ2n) is 4.57. The Morgan fingerprint density at radius 1 is 1.24 bits per heavy atom. The third-order valence-corrected chi connectivity index (χ3v) is 3.26. The Balaban J connectivity index is 2.10. The molecule has 0 bridgehead atoms. The highest BCUT2D eigenvalue weighted by Crippen LogP contribution is 2.27. The first kappa shape index (κ1) is 13.3. The van der Waals surface area contributed by atoms with Crippen LogP contribution in [0.4, 0.5) is 0 Å². The van der Waals surface area contributed by atoms with Crippen LogP contribution in [0.2, 0.25) is 0 Å². The molecule has 0 aliphatic heterocycles. The predicted octanol–water partition coefficient (Wildman–Crippen LogP) is 2.74. The molecule has 3 rings (SSSR count). The fourth-order valence-corrected chi connectivity index (χ4v) is 2.13. The van der Waals surface area contributed by atoms with Gasteiger partial charge in [0.15, 0.2) is 5.58 Å². The summed E-state index contributed by atoms with van der Waals surface area (Å²) in [6, 6.07) is 12.8. The fourth-order valence-electron chi connectivity index (χ4n) is 2.13. The smallest absolute Gasteiger partial charge is 0.341 e. The molecule has 0 saturated heterocycles. The van der Waals surface area contributed by atoms with Gasteiger partial charge in [0, 0.05) is 12.1 Å². The summed E-state index contributed by atoms with van der Waals surface area (Å²) >= 11 is 0. The first-order valence-electron chi connectivity index (χ1n) is 6.50. The molecule has 0 unspecified atom stereocenters. The molecule has 1 aromatic heterocycles. The fraction of sp³-hybridized carbons (Fsp3) is 0.125. The molecule has 5 nitrogen and oxygen atoms in total. The average Bonchev–Trinajstić information content (AvgIpc) is 2.98. The number of rotatable bonds is 3. The number of oxazole rings is 1. The molecule has 0 aliphatic carbocycles. The zero-order valence-electron chi connectivity index (χ0n) is 11.5. The van der Waals surface area contributed by atoms with Crippen molar-refractivity contribution in [1.29, 1.82) is 0 Å². The van der Waals surface area contributed by atoms with E-state index in [0.29, 0.717) is 29.1 Å². The maximum Gasteiger partial charge on any atom is 0.341 e. The van der Waals surface area contributed by atoms with Crippen LogP contribution in [0, 0.1) is 0 Å². The molecule has 21 heavy (non-hydrogen) atoms. The van der Waals surface area contributed by atoms with Gasteiger partial charge in [-0.1, -0.05) is 18.2 Å². The Labute approximate surface area is 121 Å². The van der Waals surface area contributed by atoms with E-state index in [1.54, 1.807) is 18.2 Å². The summed E-state index contributed by atoms with van der Waals surface area (Å²) in [6.07, 6.45) is 0. The molecule has 0 saturated carbocycles. The van der Waals surface area contributed by atoms with Crippen LogP contribution in [-0.2, 0) is 11.3 Å². The highest BCUT2D eigenvalue weighted by molar-refractivity contribution is 6.01. The lowest BCUT2D eigenvalue weighted by Gasteiger charge is -1.99. The van der Waals surface area contributed by atoms with Gasteiger partial charge in [0.2, 0.25) is 5.89 Å². The lowest BCUT2D eigenvalue weighted by molar-refractivity contribution is 0.0602. The number of hydrogen-bond acceptors (Lipinski definition) is 5. The number of hydrogen-bond donors (Lipinski definition) is 1. The number of ether oxygens (including phenoxy) is 1. The number of para-hydroxylation sites is 1. The van der Waals surface area contributed by atoms with Crippen LogP contribution in [0.1, 0.15) is 15.9 Å². The van der Waals surface area contributed by atoms with Gasteiger partial charge in [-0.3, -0.25) is 0 Å². The van der Waals surface area contributed by atoms with Crippen LogP contribution in [0.5, 0.6) is 0 Å². The molecule has 3 aromatic rings. The van der Waals surface area contributed by atoms with Gasteiger partial charge >= 0.3 is 5.97 Å². The molecule has 2 N–H and O–H groups in total. The minimum atomic E-state index is -0.443. The SMILES string of the molecule is COC(=O)c1cccc2nc(-c3ccc(CN)cc3)oc12. The van der Waals surface area contributed by atoms with Crippen molar-refractivity contribution in [1.82, 2.24) is 4.98 Å². The van der Waals surface area contributed by atoms with Crippen LogP contribution >= 0.6 is 0 Å². The minimum absolute atomic E-state index is 0.368. The van der Waals surface area contributed by atoms with Crippen LogP contribution in [0.25, 0.3) is 22.6 Å². The Morgan fingerprint density at radius 2 is 2.00 bits per heavy atom. The van der Waals surface area contributed by atoms with Gasteiger partial charge in [-0.2, -0.15) is 0 Å². The zero-order valence-corrected chi connectivity index (χ0v) is 11.5. The van der Waals surface area contributed by atoms with Gasteiger partial charge < -0.3 is 14.9 Å². The molecule has 0 amide bonds. The summed E-state index contributed by atoms with van der Waals surface area (Å²) in [4.78, 5) is 16.1. The molecule has 5 heteroatoms. The Morgan fingerprint density at radius 3 is 2.67 bits per heavy atom. The van der Waals surface area contributed by atoms with Gasteiger partial charge in [0.25, 0.3) is 0 Å². The number of carbonyl (C=O) groups is 1. The Bertz CT molecular complexity index is 791. The number of nitrogens with zero attached hydrogens (tertiary/aromatic N) is 1. The lowest BCUT2D eigenvalue weighted by Crippen LogP contribution is -2.00. The van der Waals surface area contributed by atoms with Crippen molar-refractivity contribution in [2.45, 2.75) is 6.54 Å². The minimum Gasteiger partial charge on any atom is -0.465 e. The van der Waals surface area contributed by atoms with Gasteiger partial charge in [-0.15, -0.1) is 0 Å². The lowest BCUT2D eigenvalue weighted by atomic mass is 10.1. The maximum atomic E-state index is 11.7. The number of fused-ring (bicyclic) bond motifs is 1. The third kappa shape index (κ3) is 2.39. The number of carbonyl (C=O) groups excluding carboxylic acids is 1. The molecule has 0 atom stereocenters. The van der Waals surface area contributed by atoms with Crippen LogP contribution < -0.4 is 5.73 Å². The summed E-state index contributed by atoms with van der Waals surface area (Å²) in [5.41, 5.74) is 8.86. The van der Waals surface area contributed by atoms with E-state index >= 15 is 0 Å². The molecular weight excluding hydrogens is 268 g/mol. The molecule has 0 aliphatic rings. The molecule has 1 heterocycles. The van der Waals surface area contributed by atoms with Gasteiger partial charge in [0.1, 0.15) is 11.1 Å². The Hall–Kier alpha value is -2.66. The van der Waals surface area contributed by atoms with Crippen molar-refractivity contribution in [3.05, 3.63) is 53.6 Å². The summed E-state index contributed by atoms with van der Waals surface area (Å²) in [5, 5.41) is 0. The van der Waals surface area contributed by atoms with E-state index in [4.69, 9.17) is 14.9 Å². The second-order valence-corrected chi connectivity index (χ2v) is 4.57. The summed E-state index contributed by atoms with van der Waals surface area (Å²) in [7, 11) is 1.34. The van der Waals surface area contributed by atoms with E-state index in [0.717, 1.165) is 11.1 Å². The van der Waals surface area contributed by atoms with Gasteiger partial charge in [-0.05, 0) is 29.8 Å². The number of aromatic nitrogens is 1. The summed E-state index contributed by atoms with van der Waals surface area (Å²) < 4.78 is 10.5. The number of nitrogens with two attached hydrogens (primary N) is 1. The van der Waals surface area contributed by atoms with Crippen LogP contribution in [0.3, 0.4) is 0 Å². The van der Waals surface area contributed by atoms with Crippen molar-refractivity contribution in [3.8, 4) is 11.5 Å². The number of methoxy groups -OCH3 is 1. The molecule has 106 valence electrons. The summed E-state index contributed by atoms with van der Waals surface area (Å²) in [6.45, 7) is 0.486. The topological polar surface area (TPSA) is 78.3 Å². The maximum absolute atomic E-state index is 11.7. The van der Waals surface area contributed by atoms with Crippen molar-refractivity contribution < 1.29 is 13.9 Å². The highest BCUT2D eigenvalue weighted by atomic mass is 16.5. The van der Waals surface area contributed by atoms with Gasteiger partial charge in [0.05, 0.1) is 7.11 Å². The zero-order chi connectivity index (χ0) is 14.8. The van der Waals surface area contributed by atoms with E-state index in [2.05, 4.69) is 4.98 Å². The van der Waals surface area contributed by atoms with E-state index in [1.165, 1.54) is 7.11 Å². The number of benzene rings is 2. The first-order chi connectivity index (χ1) is 10.2. The summed E-state index contributed by atoms with van der Waals surface area (Å²) in [5.74, 6) is 0.0201. The molecule has 0 radical (unpaired) electrons. The second kappa shape index (κ2) is 5.38. The quantitative estimate of drug-likeness (QED) is 0.747. The van der Waals surface area contributed by atoms with E-state index < -0.39 is 5.97 Å². The normalized spacial score (nSPS) is 10.8. The monoisotopic (exact) mass is 282 g/mol. The molecule has 0 spiro atoms. The third-order valence-electron chi connectivity index (χ3n) is 3.26. The van der Waals surface area contributed by atoms with Gasteiger partial charge in [-0.25, -0.2) is 9.78 Å².